The fourth-order valence-electron chi connectivity index (χ4n) is 3.50. The summed E-state index contributed by atoms with van der Waals surface area (Å²) in [6.45, 7) is 2.09. The zero-order valence-corrected chi connectivity index (χ0v) is 18.0. The van der Waals surface area contributed by atoms with E-state index < -0.39 is 15.7 Å². The molecule has 166 valence electrons. The first-order valence-corrected chi connectivity index (χ1v) is 11.6. The number of sulfone groups is 1. The largest absolute Gasteiger partial charge is 0.337 e. The predicted molar refractivity (Wildman–Crippen MR) is 120 cm³/mol. The number of nitrogens with one attached hydrogen (secondary N) is 4. The van der Waals surface area contributed by atoms with Gasteiger partial charge in [0.2, 0.25) is 9.84 Å². The maximum absolute atomic E-state index is 13.7. The normalized spacial score (nSPS) is 14.3. The van der Waals surface area contributed by atoms with Crippen LogP contribution >= 0.6 is 0 Å². The van der Waals surface area contributed by atoms with Gasteiger partial charge in [0.1, 0.15) is 5.82 Å². The fraction of sp³-hybridized carbons (Fsp3) is 0.174. The van der Waals surface area contributed by atoms with Crippen LogP contribution in [0.2, 0.25) is 0 Å². The van der Waals surface area contributed by atoms with Gasteiger partial charge in [-0.3, -0.25) is 10.9 Å². The monoisotopic (exact) mass is 454 g/mol. The van der Waals surface area contributed by atoms with Crippen molar-refractivity contribution in [2.24, 2.45) is 5.92 Å². The first-order chi connectivity index (χ1) is 15.4. The number of hydrogen-bond acceptors (Lipinski definition) is 5. The average molecular weight is 455 g/mol. The SMILES string of the molecule is O=C(NCC1CNNC1)Nc1ccc(S(=O)(=O)c2ccccc2-c2cccc(F)c2)cc1. The molecular weight excluding hydrogens is 431 g/mol. The summed E-state index contributed by atoms with van der Waals surface area (Å²) in [5, 5.41) is 5.50. The van der Waals surface area contributed by atoms with E-state index in [1.165, 1.54) is 42.5 Å². The van der Waals surface area contributed by atoms with Crippen molar-refractivity contribution in [3.05, 3.63) is 78.6 Å². The molecule has 0 bridgehead atoms. The molecule has 7 nitrogen and oxygen atoms in total. The number of halogens is 1. The summed E-state index contributed by atoms with van der Waals surface area (Å²) in [4.78, 5) is 12.3. The van der Waals surface area contributed by atoms with Crippen molar-refractivity contribution >= 4 is 21.6 Å². The third kappa shape index (κ3) is 4.96. The number of hydrogen-bond donors (Lipinski definition) is 4. The Morgan fingerprint density at radius 1 is 0.969 bits per heavy atom. The number of amides is 2. The molecule has 0 atom stereocenters. The van der Waals surface area contributed by atoms with Crippen molar-refractivity contribution in [3.63, 3.8) is 0 Å². The number of hydrazine groups is 1. The molecule has 3 aromatic carbocycles. The van der Waals surface area contributed by atoms with Crippen LogP contribution in [0.15, 0.2) is 82.6 Å². The van der Waals surface area contributed by atoms with Crippen LogP contribution in [0.5, 0.6) is 0 Å². The molecule has 0 aromatic heterocycles. The van der Waals surface area contributed by atoms with Gasteiger partial charge in [-0.1, -0.05) is 30.3 Å². The number of anilines is 1. The van der Waals surface area contributed by atoms with Crippen molar-refractivity contribution in [2.45, 2.75) is 9.79 Å². The Kier molecular flexibility index (Phi) is 6.50. The second kappa shape index (κ2) is 9.47. The minimum atomic E-state index is -3.86. The Labute approximate surface area is 185 Å². The van der Waals surface area contributed by atoms with E-state index in [-0.39, 0.29) is 15.8 Å². The van der Waals surface area contributed by atoms with Gasteiger partial charge in [-0.25, -0.2) is 17.6 Å². The summed E-state index contributed by atoms with van der Waals surface area (Å²) in [6, 6.07) is 17.9. The molecule has 0 aliphatic carbocycles. The highest BCUT2D eigenvalue weighted by Gasteiger charge is 2.22. The molecule has 1 aliphatic rings. The van der Waals surface area contributed by atoms with E-state index in [1.54, 1.807) is 30.3 Å². The molecule has 2 amide bonds. The lowest BCUT2D eigenvalue weighted by atomic mass is 10.1. The van der Waals surface area contributed by atoms with E-state index in [4.69, 9.17) is 0 Å². The summed E-state index contributed by atoms with van der Waals surface area (Å²) in [5.41, 5.74) is 7.37. The van der Waals surface area contributed by atoms with Crippen LogP contribution in [0.3, 0.4) is 0 Å². The maximum Gasteiger partial charge on any atom is 0.319 e. The smallest absolute Gasteiger partial charge is 0.319 e. The van der Waals surface area contributed by atoms with Crippen molar-refractivity contribution in [1.29, 1.82) is 0 Å². The van der Waals surface area contributed by atoms with Crippen LogP contribution in [-0.4, -0.2) is 34.1 Å². The summed E-state index contributed by atoms with van der Waals surface area (Å²) in [7, 11) is -3.86. The first-order valence-electron chi connectivity index (χ1n) is 10.1. The molecular formula is C23H23FN4O3S. The molecule has 0 saturated carbocycles. The molecule has 3 aromatic rings. The second-order valence-electron chi connectivity index (χ2n) is 7.50. The molecule has 4 N–H and O–H groups in total. The standard InChI is InChI=1S/C23H23FN4O3S/c24-18-5-3-4-17(12-18)21-6-1-2-7-22(21)32(30,31)20-10-8-19(9-11-20)28-23(29)25-13-16-14-26-27-15-16/h1-12,16,26-27H,13-15H2,(H2,25,28,29). The highest BCUT2D eigenvalue weighted by molar-refractivity contribution is 7.91. The van der Waals surface area contributed by atoms with Gasteiger partial charge in [-0.2, -0.15) is 0 Å². The summed E-state index contributed by atoms with van der Waals surface area (Å²) in [5.74, 6) is -0.129. The molecule has 32 heavy (non-hydrogen) atoms. The second-order valence-corrected chi connectivity index (χ2v) is 9.42. The van der Waals surface area contributed by atoms with E-state index >= 15 is 0 Å². The summed E-state index contributed by atoms with van der Waals surface area (Å²) < 4.78 is 40.3. The Bertz CT molecular complexity index is 1210. The van der Waals surface area contributed by atoms with E-state index in [1.807, 2.05) is 0 Å². The van der Waals surface area contributed by atoms with Crippen LogP contribution in [0.4, 0.5) is 14.9 Å². The van der Waals surface area contributed by atoms with Gasteiger partial charge >= 0.3 is 6.03 Å². The first kappa shape index (κ1) is 21.9. The molecule has 0 radical (unpaired) electrons. The minimum Gasteiger partial charge on any atom is -0.337 e. The number of urea groups is 1. The molecule has 1 saturated heterocycles. The average Bonchev–Trinajstić information content (AvgIpc) is 3.32. The van der Waals surface area contributed by atoms with E-state index in [9.17, 15) is 17.6 Å². The van der Waals surface area contributed by atoms with Gasteiger partial charge < -0.3 is 10.6 Å². The molecule has 0 spiro atoms. The van der Waals surface area contributed by atoms with E-state index in [0.29, 0.717) is 29.3 Å². The number of carbonyl (C=O) groups is 1. The number of benzene rings is 3. The summed E-state index contributed by atoms with van der Waals surface area (Å²) >= 11 is 0. The Morgan fingerprint density at radius 3 is 2.41 bits per heavy atom. The van der Waals surface area contributed by atoms with Crippen LogP contribution in [-0.2, 0) is 9.84 Å². The third-order valence-corrected chi connectivity index (χ3v) is 7.02. The highest BCUT2D eigenvalue weighted by atomic mass is 32.2. The molecule has 4 rings (SSSR count). The molecule has 1 fully saturated rings. The van der Waals surface area contributed by atoms with Gasteiger partial charge in [-0.05, 0) is 48.0 Å². The molecule has 0 unspecified atom stereocenters. The highest BCUT2D eigenvalue weighted by Crippen LogP contribution is 2.32. The lowest BCUT2D eigenvalue weighted by Crippen LogP contribution is -2.34. The zero-order chi connectivity index (χ0) is 22.6. The molecule has 1 heterocycles. The Balaban J connectivity index is 1.51. The zero-order valence-electron chi connectivity index (χ0n) is 17.1. The lowest BCUT2D eigenvalue weighted by molar-refractivity contribution is 0.250. The van der Waals surface area contributed by atoms with Gasteiger partial charge in [0, 0.05) is 36.8 Å². The number of rotatable bonds is 6. The third-order valence-electron chi connectivity index (χ3n) is 5.19. The molecule has 9 heteroatoms. The van der Waals surface area contributed by atoms with Gasteiger partial charge in [0.15, 0.2) is 0 Å². The van der Waals surface area contributed by atoms with Crippen LogP contribution in [0, 0.1) is 11.7 Å². The van der Waals surface area contributed by atoms with Gasteiger partial charge in [0.25, 0.3) is 0 Å². The van der Waals surface area contributed by atoms with Crippen molar-refractivity contribution in [2.75, 3.05) is 25.0 Å². The van der Waals surface area contributed by atoms with Crippen molar-refractivity contribution in [3.8, 4) is 11.1 Å². The van der Waals surface area contributed by atoms with Crippen LogP contribution in [0.1, 0.15) is 0 Å². The van der Waals surface area contributed by atoms with E-state index in [2.05, 4.69) is 21.5 Å². The topological polar surface area (TPSA) is 99.3 Å². The molecule has 1 aliphatic heterocycles. The quantitative estimate of drug-likeness (QED) is 0.459. The Morgan fingerprint density at radius 2 is 1.69 bits per heavy atom. The van der Waals surface area contributed by atoms with Crippen molar-refractivity contribution < 1.29 is 17.6 Å². The summed E-state index contributed by atoms with van der Waals surface area (Å²) in [6.07, 6.45) is 0. The van der Waals surface area contributed by atoms with Crippen LogP contribution in [0.25, 0.3) is 11.1 Å². The maximum atomic E-state index is 13.7. The minimum absolute atomic E-state index is 0.0791. The lowest BCUT2D eigenvalue weighted by Gasteiger charge is -2.13. The van der Waals surface area contributed by atoms with Gasteiger partial charge in [-0.15, -0.1) is 0 Å². The predicted octanol–water partition coefficient (Wildman–Crippen LogP) is 3.17. The Hall–Kier alpha value is -3.27. The fourth-order valence-corrected chi connectivity index (χ4v) is 4.98. The number of carbonyl (C=O) groups excluding carboxylic acids is 1. The van der Waals surface area contributed by atoms with Crippen LogP contribution < -0.4 is 21.5 Å². The van der Waals surface area contributed by atoms with Crippen molar-refractivity contribution in [1.82, 2.24) is 16.2 Å². The van der Waals surface area contributed by atoms with E-state index in [0.717, 1.165) is 13.1 Å². The van der Waals surface area contributed by atoms with Gasteiger partial charge in [0.05, 0.1) is 9.79 Å².